The fourth-order valence-corrected chi connectivity index (χ4v) is 3.23. The second kappa shape index (κ2) is 5.10. The topological polar surface area (TPSA) is 34.0 Å². The Morgan fingerprint density at radius 2 is 2.32 bits per heavy atom. The summed E-state index contributed by atoms with van der Waals surface area (Å²) >= 11 is 3.52. The molecule has 1 N–H and O–H groups in total. The van der Waals surface area contributed by atoms with E-state index >= 15 is 0 Å². The summed E-state index contributed by atoms with van der Waals surface area (Å²) in [5.41, 5.74) is 2.48. The zero-order valence-electron chi connectivity index (χ0n) is 10.9. The van der Waals surface area contributed by atoms with Gasteiger partial charge in [0.2, 0.25) is 0 Å². The zero-order valence-corrected chi connectivity index (χ0v) is 12.5. The third-order valence-corrected chi connectivity index (χ3v) is 4.39. The van der Waals surface area contributed by atoms with Gasteiger partial charge < -0.3 is 9.88 Å². The summed E-state index contributed by atoms with van der Waals surface area (Å²) in [6.07, 6.45) is 3.65. The van der Waals surface area contributed by atoms with E-state index in [4.69, 9.17) is 0 Å². The quantitative estimate of drug-likeness (QED) is 0.923. The summed E-state index contributed by atoms with van der Waals surface area (Å²) < 4.78 is 3.22. The van der Waals surface area contributed by atoms with Crippen LogP contribution in [0.2, 0.25) is 0 Å². The van der Waals surface area contributed by atoms with Crippen LogP contribution in [0.4, 0.5) is 0 Å². The molecule has 1 aromatic carbocycles. The van der Waals surface area contributed by atoms with Gasteiger partial charge in [0.05, 0.1) is 0 Å². The number of fused-ring (bicyclic) bond motifs is 1. The Balaban J connectivity index is 1.96. The van der Waals surface area contributed by atoms with Crippen LogP contribution < -0.4 is 5.32 Å². The average Bonchev–Trinajstić information content (AvgIpc) is 2.69. The molecule has 1 fully saturated rings. The van der Waals surface area contributed by atoms with Gasteiger partial charge in [-0.25, -0.2) is 0 Å². The molecule has 1 aliphatic rings. The fourth-order valence-electron chi connectivity index (χ4n) is 2.87. The van der Waals surface area contributed by atoms with E-state index in [2.05, 4.69) is 57.3 Å². The number of hydrogen-bond donors (Lipinski definition) is 1. The highest BCUT2D eigenvalue weighted by molar-refractivity contribution is 9.10. The van der Waals surface area contributed by atoms with Crippen molar-refractivity contribution in [3.8, 4) is 0 Å². The van der Waals surface area contributed by atoms with Crippen LogP contribution in [0.25, 0.3) is 10.9 Å². The van der Waals surface area contributed by atoms with Gasteiger partial charge in [0.15, 0.2) is 0 Å². The smallest absolute Gasteiger partial charge is 0.138 e. The van der Waals surface area contributed by atoms with Crippen LogP contribution in [0, 0.1) is 5.92 Å². The van der Waals surface area contributed by atoms with E-state index in [1.54, 1.807) is 0 Å². The second-order valence-corrected chi connectivity index (χ2v) is 6.16. The maximum Gasteiger partial charge on any atom is 0.138 e. The normalized spacial score (nSPS) is 20.1. The number of nitrogens with one attached hydrogen (secondary N) is 1. The number of benzene rings is 1. The Morgan fingerprint density at radius 1 is 1.47 bits per heavy atom. The number of ketones is 1. The van der Waals surface area contributed by atoms with Crippen LogP contribution in [0.1, 0.15) is 12.0 Å². The van der Waals surface area contributed by atoms with Gasteiger partial charge >= 0.3 is 0 Å². The summed E-state index contributed by atoms with van der Waals surface area (Å²) in [7, 11) is 2.06. The van der Waals surface area contributed by atoms with Crippen molar-refractivity contribution in [3.63, 3.8) is 0 Å². The first-order valence-electron chi connectivity index (χ1n) is 6.62. The molecule has 2 heterocycles. The minimum Gasteiger partial charge on any atom is -0.350 e. The van der Waals surface area contributed by atoms with Crippen molar-refractivity contribution in [1.29, 1.82) is 0 Å². The van der Waals surface area contributed by atoms with Crippen molar-refractivity contribution in [2.24, 2.45) is 13.0 Å². The highest BCUT2D eigenvalue weighted by Gasteiger charge is 2.23. The highest BCUT2D eigenvalue weighted by Crippen LogP contribution is 2.27. The first kappa shape index (κ1) is 12.9. The van der Waals surface area contributed by atoms with Gasteiger partial charge in [-0.2, -0.15) is 0 Å². The molecule has 3 nitrogen and oxygen atoms in total. The van der Waals surface area contributed by atoms with E-state index in [9.17, 15) is 4.79 Å². The van der Waals surface area contributed by atoms with E-state index in [1.165, 1.54) is 16.5 Å². The minimum atomic E-state index is 0.123. The maximum atomic E-state index is 12.0. The van der Waals surface area contributed by atoms with Crippen molar-refractivity contribution >= 4 is 32.6 Å². The molecule has 2 aromatic rings. The Bertz CT molecular complexity index is 632. The molecule has 0 aliphatic carbocycles. The van der Waals surface area contributed by atoms with E-state index in [-0.39, 0.29) is 5.92 Å². The van der Waals surface area contributed by atoms with Crippen molar-refractivity contribution in [3.05, 3.63) is 34.4 Å². The number of carbonyl (C=O) groups is 1. The van der Waals surface area contributed by atoms with Crippen molar-refractivity contribution in [2.45, 2.75) is 12.8 Å². The first-order valence-corrected chi connectivity index (χ1v) is 7.41. The standard InChI is InChI=1S/C15H17BrN2O/c1-18-9-11(6-10-8-17-5-4-15(10)19)13-7-12(16)2-3-14(13)18/h2-3,7,9-10,17H,4-6,8H2,1H3. The van der Waals surface area contributed by atoms with Crippen molar-refractivity contribution in [1.82, 2.24) is 9.88 Å². The second-order valence-electron chi connectivity index (χ2n) is 5.25. The van der Waals surface area contributed by atoms with Gasteiger partial charge in [-0.3, -0.25) is 4.79 Å². The molecule has 4 heteroatoms. The average molecular weight is 321 g/mol. The van der Waals surface area contributed by atoms with E-state index < -0.39 is 0 Å². The number of rotatable bonds is 2. The molecule has 19 heavy (non-hydrogen) atoms. The van der Waals surface area contributed by atoms with E-state index in [0.717, 1.165) is 24.0 Å². The lowest BCUT2D eigenvalue weighted by molar-refractivity contribution is -0.123. The van der Waals surface area contributed by atoms with Gasteiger partial charge in [0, 0.05) is 54.0 Å². The van der Waals surface area contributed by atoms with Gasteiger partial charge in [-0.05, 0) is 30.2 Å². The summed E-state index contributed by atoms with van der Waals surface area (Å²) in [5, 5.41) is 4.56. The minimum absolute atomic E-state index is 0.123. The molecule has 0 spiro atoms. The summed E-state index contributed by atoms with van der Waals surface area (Å²) in [4.78, 5) is 12.0. The first-order chi connectivity index (χ1) is 9.15. The monoisotopic (exact) mass is 320 g/mol. The number of halogens is 1. The highest BCUT2D eigenvalue weighted by atomic mass is 79.9. The molecule has 1 saturated heterocycles. The van der Waals surface area contributed by atoms with E-state index in [0.29, 0.717) is 12.2 Å². The number of hydrogen-bond acceptors (Lipinski definition) is 2. The van der Waals surface area contributed by atoms with Crippen LogP contribution in [-0.2, 0) is 18.3 Å². The lowest BCUT2D eigenvalue weighted by Crippen LogP contribution is -2.37. The van der Waals surface area contributed by atoms with Crippen LogP contribution >= 0.6 is 15.9 Å². The predicted octanol–water partition coefficient (Wildman–Crippen LogP) is 2.66. The van der Waals surface area contributed by atoms with E-state index in [1.807, 2.05) is 0 Å². The largest absolute Gasteiger partial charge is 0.350 e. The van der Waals surface area contributed by atoms with Gasteiger partial charge in [-0.1, -0.05) is 15.9 Å². The molecule has 0 radical (unpaired) electrons. The van der Waals surface area contributed by atoms with Gasteiger partial charge in [-0.15, -0.1) is 0 Å². The van der Waals surface area contributed by atoms with Crippen molar-refractivity contribution in [2.75, 3.05) is 13.1 Å². The molecule has 3 rings (SSSR count). The third kappa shape index (κ3) is 2.47. The number of Topliss-reactive ketones (excluding diaryl/α,β-unsaturated/α-hetero) is 1. The molecule has 0 amide bonds. The predicted molar refractivity (Wildman–Crippen MR) is 80.3 cm³/mol. The maximum absolute atomic E-state index is 12.0. The molecular weight excluding hydrogens is 304 g/mol. The number of piperidine rings is 1. The lowest BCUT2D eigenvalue weighted by Gasteiger charge is -2.21. The molecule has 1 unspecified atom stereocenters. The lowest BCUT2D eigenvalue weighted by atomic mass is 9.91. The number of nitrogens with zero attached hydrogens (tertiary/aromatic N) is 1. The third-order valence-electron chi connectivity index (χ3n) is 3.89. The van der Waals surface area contributed by atoms with Gasteiger partial charge in [0.1, 0.15) is 5.78 Å². The van der Waals surface area contributed by atoms with Crippen LogP contribution in [0.5, 0.6) is 0 Å². The van der Waals surface area contributed by atoms with Crippen LogP contribution in [0.3, 0.4) is 0 Å². The summed E-state index contributed by atoms with van der Waals surface area (Å²) in [6, 6.07) is 6.31. The van der Waals surface area contributed by atoms with Crippen molar-refractivity contribution < 1.29 is 4.79 Å². The Hall–Kier alpha value is -1.13. The SMILES string of the molecule is Cn1cc(CC2CNCCC2=O)c2cc(Br)ccc21. The van der Waals surface area contributed by atoms with Crippen LogP contribution in [-0.4, -0.2) is 23.4 Å². The molecule has 1 aromatic heterocycles. The summed E-state index contributed by atoms with van der Waals surface area (Å²) in [5.74, 6) is 0.518. The molecule has 0 bridgehead atoms. The molecular formula is C15H17BrN2O. The molecule has 1 aliphatic heterocycles. The Morgan fingerprint density at radius 3 is 3.11 bits per heavy atom. The fraction of sp³-hybridized carbons (Fsp3) is 0.400. The zero-order chi connectivity index (χ0) is 13.4. The molecule has 1 atom stereocenters. The Kier molecular flexibility index (Phi) is 3.46. The summed E-state index contributed by atoms with van der Waals surface area (Å²) in [6.45, 7) is 1.64. The number of carbonyl (C=O) groups excluding carboxylic acids is 1. The number of aromatic nitrogens is 1. The van der Waals surface area contributed by atoms with Crippen LogP contribution in [0.15, 0.2) is 28.9 Å². The molecule has 0 saturated carbocycles. The molecule has 100 valence electrons. The Labute approximate surface area is 121 Å². The van der Waals surface area contributed by atoms with Gasteiger partial charge in [0.25, 0.3) is 0 Å². The number of aryl methyl sites for hydroxylation is 1.